The van der Waals surface area contributed by atoms with E-state index in [4.69, 9.17) is 11.6 Å². The highest BCUT2D eigenvalue weighted by atomic mass is 79.9. The van der Waals surface area contributed by atoms with Gasteiger partial charge in [-0.1, -0.05) is 70.0 Å². The minimum absolute atomic E-state index is 0.0484. The Hall–Kier alpha value is -2.27. The first-order valence-corrected chi connectivity index (χ1v) is 10.2. The van der Waals surface area contributed by atoms with Crippen molar-refractivity contribution in [1.29, 1.82) is 0 Å². The molecule has 0 saturated heterocycles. The van der Waals surface area contributed by atoms with Crippen LogP contribution in [0, 0.1) is 0 Å². The lowest BCUT2D eigenvalue weighted by molar-refractivity contribution is 0.104. The number of thiazole rings is 1. The SMILES string of the molecule is O=C(C=Cc1ccc(Cl)cc1Br)c1ccc(-c2nc3ccccc3s2)cc1. The molecule has 0 aliphatic carbocycles. The van der Waals surface area contributed by atoms with E-state index in [1.165, 1.54) is 0 Å². The minimum atomic E-state index is -0.0484. The summed E-state index contributed by atoms with van der Waals surface area (Å²) in [5, 5.41) is 1.60. The number of fused-ring (bicyclic) bond motifs is 1. The number of halogens is 2. The predicted octanol–water partition coefficient (Wildman–Crippen LogP) is 7.28. The van der Waals surface area contributed by atoms with Crippen molar-refractivity contribution in [3.63, 3.8) is 0 Å². The van der Waals surface area contributed by atoms with E-state index >= 15 is 0 Å². The standard InChI is InChI=1S/C22H13BrClNOS/c23-18-13-17(24)11-9-14(18)10-12-20(26)15-5-7-16(8-6-15)22-25-19-3-1-2-4-21(19)27-22/h1-13H. The molecule has 2 nitrogen and oxygen atoms in total. The van der Waals surface area contributed by atoms with Crippen molar-refractivity contribution in [3.8, 4) is 10.6 Å². The first-order chi connectivity index (χ1) is 13.1. The molecule has 3 aromatic carbocycles. The maximum absolute atomic E-state index is 12.4. The number of para-hydroxylation sites is 1. The molecule has 0 radical (unpaired) electrons. The second kappa shape index (κ2) is 7.77. The molecule has 27 heavy (non-hydrogen) atoms. The van der Waals surface area contributed by atoms with Crippen molar-refractivity contribution in [2.45, 2.75) is 0 Å². The molecular weight excluding hydrogens is 442 g/mol. The van der Waals surface area contributed by atoms with E-state index < -0.39 is 0 Å². The van der Waals surface area contributed by atoms with Gasteiger partial charge in [-0.3, -0.25) is 4.79 Å². The lowest BCUT2D eigenvalue weighted by Crippen LogP contribution is -1.93. The quantitative estimate of drug-likeness (QED) is 0.240. The first kappa shape index (κ1) is 18.1. The lowest BCUT2D eigenvalue weighted by Gasteiger charge is -2.00. The van der Waals surface area contributed by atoms with E-state index in [-0.39, 0.29) is 5.78 Å². The number of ketones is 1. The maximum Gasteiger partial charge on any atom is 0.185 e. The number of carbonyl (C=O) groups is 1. The van der Waals surface area contributed by atoms with Crippen LogP contribution in [0.25, 0.3) is 26.9 Å². The third-order valence-electron chi connectivity index (χ3n) is 4.09. The zero-order chi connectivity index (χ0) is 18.8. The van der Waals surface area contributed by atoms with Gasteiger partial charge in [-0.15, -0.1) is 11.3 Å². The van der Waals surface area contributed by atoms with Gasteiger partial charge in [-0.2, -0.15) is 0 Å². The molecule has 1 aromatic heterocycles. The maximum atomic E-state index is 12.4. The fraction of sp³-hybridized carbons (Fsp3) is 0. The van der Waals surface area contributed by atoms with Gasteiger partial charge in [-0.05, 0) is 42.0 Å². The number of aromatic nitrogens is 1. The second-order valence-corrected chi connectivity index (χ2v) is 8.25. The van der Waals surface area contributed by atoms with E-state index in [0.29, 0.717) is 10.6 Å². The summed E-state index contributed by atoms with van der Waals surface area (Å²) in [6.07, 6.45) is 3.35. The minimum Gasteiger partial charge on any atom is -0.289 e. The predicted molar refractivity (Wildman–Crippen MR) is 118 cm³/mol. The summed E-state index contributed by atoms with van der Waals surface area (Å²) in [6, 6.07) is 21.1. The van der Waals surface area contributed by atoms with E-state index in [1.807, 2.05) is 48.5 Å². The fourth-order valence-corrected chi connectivity index (χ4v) is 4.46. The van der Waals surface area contributed by atoms with Crippen LogP contribution >= 0.6 is 38.9 Å². The molecule has 0 amide bonds. The Labute approximate surface area is 174 Å². The van der Waals surface area contributed by atoms with Crippen molar-refractivity contribution >= 4 is 60.9 Å². The van der Waals surface area contributed by atoms with Gasteiger partial charge < -0.3 is 0 Å². The molecule has 0 spiro atoms. The third-order valence-corrected chi connectivity index (χ3v) is 6.09. The highest BCUT2D eigenvalue weighted by Gasteiger charge is 2.08. The van der Waals surface area contributed by atoms with Crippen LogP contribution < -0.4 is 0 Å². The van der Waals surface area contributed by atoms with Crippen molar-refractivity contribution in [3.05, 3.63) is 93.4 Å². The molecule has 0 saturated carbocycles. The Kier molecular flexibility index (Phi) is 5.21. The van der Waals surface area contributed by atoms with Crippen LogP contribution in [-0.2, 0) is 0 Å². The molecule has 0 aliphatic heterocycles. The Morgan fingerprint density at radius 2 is 1.81 bits per heavy atom. The van der Waals surface area contributed by atoms with E-state index in [0.717, 1.165) is 30.8 Å². The number of hydrogen-bond acceptors (Lipinski definition) is 3. The van der Waals surface area contributed by atoms with Crippen LogP contribution in [0.15, 0.2) is 77.3 Å². The number of hydrogen-bond donors (Lipinski definition) is 0. The number of nitrogens with zero attached hydrogens (tertiary/aromatic N) is 1. The average Bonchev–Trinajstić information content (AvgIpc) is 3.11. The average molecular weight is 455 g/mol. The topological polar surface area (TPSA) is 30.0 Å². The summed E-state index contributed by atoms with van der Waals surface area (Å²) in [5.41, 5.74) is 3.55. The molecular formula is C22H13BrClNOS. The van der Waals surface area contributed by atoms with Gasteiger partial charge in [0.05, 0.1) is 10.2 Å². The normalized spacial score (nSPS) is 11.3. The Balaban J connectivity index is 1.54. The van der Waals surface area contributed by atoms with Crippen LogP contribution in [0.1, 0.15) is 15.9 Å². The molecule has 4 aromatic rings. The summed E-state index contributed by atoms with van der Waals surface area (Å²) in [5.74, 6) is -0.0484. The molecule has 0 N–H and O–H groups in total. The third kappa shape index (κ3) is 4.03. The van der Waals surface area contributed by atoms with Gasteiger partial charge >= 0.3 is 0 Å². The smallest absolute Gasteiger partial charge is 0.185 e. The summed E-state index contributed by atoms with van der Waals surface area (Å²) < 4.78 is 2.01. The number of rotatable bonds is 4. The molecule has 4 rings (SSSR count). The van der Waals surface area contributed by atoms with Crippen molar-refractivity contribution in [2.24, 2.45) is 0 Å². The number of carbonyl (C=O) groups excluding carboxylic acids is 1. The summed E-state index contributed by atoms with van der Waals surface area (Å²) >= 11 is 11.0. The molecule has 0 atom stereocenters. The molecule has 132 valence electrons. The number of benzene rings is 3. The molecule has 5 heteroatoms. The van der Waals surface area contributed by atoms with Gasteiger partial charge in [0, 0.05) is 20.6 Å². The highest BCUT2D eigenvalue weighted by molar-refractivity contribution is 9.10. The van der Waals surface area contributed by atoms with Crippen molar-refractivity contribution in [2.75, 3.05) is 0 Å². The van der Waals surface area contributed by atoms with E-state index in [1.54, 1.807) is 35.6 Å². The fourth-order valence-electron chi connectivity index (χ4n) is 2.67. The van der Waals surface area contributed by atoms with E-state index in [2.05, 4.69) is 27.0 Å². The van der Waals surface area contributed by atoms with Crippen molar-refractivity contribution in [1.82, 2.24) is 4.98 Å². The van der Waals surface area contributed by atoms with Crippen molar-refractivity contribution < 1.29 is 4.79 Å². The lowest BCUT2D eigenvalue weighted by atomic mass is 10.1. The molecule has 1 heterocycles. The van der Waals surface area contributed by atoms with Gasteiger partial charge in [0.2, 0.25) is 0 Å². The second-order valence-electron chi connectivity index (χ2n) is 5.93. The largest absolute Gasteiger partial charge is 0.289 e. The van der Waals surface area contributed by atoms with Gasteiger partial charge in [-0.25, -0.2) is 4.98 Å². The van der Waals surface area contributed by atoms with Gasteiger partial charge in [0.25, 0.3) is 0 Å². The van der Waals surface area contributed by atoms with Crippen LogP contribution in [0.3, 0.4) is 0 Å². The molecule has 0 bridgehead atoms. The van der Waals surface area contributed by atoms with Crippen LogP contribution in [0.5, 0.6) is 0 Å². The van der Waals surface area contributed by atoms with Gasteiger partial charge in [0.15, 0.2) is 5.78 Å². The van der Waals surface area contributed by atoms with Crippen LogP contribution in [-0.4, -0.2) is 10.8 Å². The first-order valence-electron chi connectivity index (χ1n) is 8.23. The summed E-state index contributed by atoms with van der Waals surface area (Å²) in [7, 11) is 0. The van der Waals surface area contributed by atoms with Crippen LogP contribution in [0.4, 0.5) is 0 Å². The Bertz CT molecular complexity index is 1130. The monoisotopic (exact) mass is 453 g/mol. The van der Waals surface area contributed by atoms with Crippen LogP contribution in [0.2, 0.25) is 5.02 Å². The molecule has 0 aliphatic rings. The highest BCUT2D eigenvalue weighted by Crippen LogP contribution is 2.30. The zero-order valence-corrected chi connectivity index (χ0v) is 17.2. The van der Waals surface area contributed by atoms with E-state index in [9.17, 15) is 4.79 Å². The Morgan fingerprint density at radius 3 is 2.56 bits per heavy atom. The summed E-state index contributed by atoms with van der Waals surface area (Å²) in [4.78, 5) is 17.1. The zero-order valence-electron chi connectivity index (χ0n) is 14.0. The summed E-state index contributed by atoms with van der Waals surface area (Å²) in [6.45, 7) is 0. The molecule has 0 unspecified atom stereocenters. The van der Waals surface area contributed by atoms with Gasteiger partial charge in [0.1, 0.15) is 5.01 Å². The Morgan fingerprint density at radius 1 is 1.04 bits per heavy atom. The molecule has 0 fully saturated rings. The number of allylic oxidation sites excluding steroid dienone is 1.